The lowest BCUT2D eigenvalue weighted by atomic mass is 10.1. The summed E-state index contributed by atoms with van der Waals surface area (Å²) in [6.07, 6.45) is 1.44. The molecule has 21 heavy (non-hydrogen) atoms. The third kappa shape index (κ3) is 4.35. The minimum Gasteiger partial charge on any atom is -0.494 e. The number of hydrogen-bond acceptors (Lipinski definition) is 4. The van der Waals surface area contributed by atoms with Gasteiger partial charge in [0.1, 0.15) is 17.6 Å². The van der Waals surface area contributed by atoms with Crippen LogP contribution in [-0.4, -0.2) is 32.0 Å². The van der Waals surface area contributed by atoms with Crippen molar-refractivity contribution in [2.45, 2.75) is 52.9 Å². The molecule has 1 heterocycles. The highest BCUT2D eigenvalue weighted by molar-refractivity contribution is 5.48. The molecule has 1 N–H and O–H groups in total. The summed E-state index contributed by atoms with van der Waals surface area (Å²) < 4.78 is 17.1. The molecule has 1 aromatic rings. The van der Waals surface area contributed by atoms with Gasteiger partial charge in [-0.2, -0.15) is 0 Å². The zero-order valence-corrected chi connectivity index (χ0v) is 13.6. The lowest BCUT2D eigenvalue weighted by Crippen LogP contribution is -2.26. The van der Waals surface area contributed by atoms with Gasteiger partial charge >= 0.3 is 0 Å². The first kappa shape index (κ1) is 16.1. The number of fused-ring (bicyclic) bond motifs is 1. The second-order valence-electron chi connectivity index (χ2n) is 5.53. The maximum absolute atomic E-state index is 5.84. The molecule has 4 heteroatoms. The fourth-order valence-corrected chi connectivity index (χ4v) is 2.66. The molecule has 2 unspecified atom stereocenters. The van der Waals surface area contributed by atoms with E-state index in [1.54, 1.807) is 0 Å². The Bertz CT molecular complexity index is 462. The van der Waals surface area contributed by atoms with Gasteiger partial charge in [-0.15, -0.1) is 0 Å². The van der Waals surface area contributed by atoms with Crippen LogP contribution in [0, 0.1) is 0 Å². The van der Waals surface area contributed by atoms with E-state index >= 15 is 0 Å². The highest BCUT2D eigenvalue weighted by Gasteiger charge is 2.21. The summed E-state index contributed by atoms with van der Waals surface area (Å²) in [7, 11) is 0. The van der Waals surface area contributed by atoms with E-state index in [1.807, 2.05) is 13.8 Å². The largest absolute Gasteiger partial charge is 0.494 e. The summed E-state index contributed by atoms with van der Waals surface area (Å²) in [4.78, 5) is 0. The number of ether oxygens (including phenoxy) is 3. The second kappa shape index (κ2) is 7.66. The minimum atomic E-state index is 0.219. The normalized spacial score (nSPS) is 18.2. The maximum Gasteiger partial charge on any atom is 0.124 e. The molecule has 0 radical (unpaired) electrons. The molecule has 118 valence electrons. The van der Waals surface area contributed by atoms with Crippen LogP contribution in [0.1, 0.15) is 38.8 Å². The quantitative estimate of drug-likeness (QED) is 0.800. The number of hydrogen-bond donors (Lipinski definition) is 1. The lowest BCUT2D eigenvalue weighted by Gasteiger charge is -2.15. The molecule has 0 saturated heterocycles. The van der Waals surface area contributed by atoms with Gasteiger partial charge in [0.05, 0.1) is 12.7 Å². The van der Waals surface area contributed by atoms with Crippen molar-refractivity contribution >= 4 is 0 Å². The van der Waals surface area contributed by atoms with Crippen molar-refractivity contribution in [1.29, 1.82) is 0 Å². The molecular weight excluding hydrogens is 266 g/mol. The van der Waals surface area contributed by atoms with Crippen molar-refractivity contribution in [3.8, 4) is 11.5 Å². The monoisotopic (exact) mass is 293 g/mol. The van der Waals surface area contributed by atoms with Crippen LogP contribution in [-0.2, 0) is 17.7 Å². The molecule has 0 bridgehead atoms. The van der Waals surface area contributed by atoms with E-state index in [1.165, 1.54) is 5.56 Å². The van der Waals surface area contributed by atoms with Crippen LogP contribution in [0.3, 0.4) is 0 Å². The summed E-state index contributed by atoms with van der Waals surface area (Å²) >= 11 is 0. The van der Waals surface area contributed by atoms with Gasteiger partial charge in [-0.05, 0) is 39.8 Å². The predicted molar refractivity (Wildman–Crippen MR) is 84.2 cm³/mol. The van der Waals surface area contributed by atoms with Crippen LogP contribution >= 0.6 is 0 Å². The highest BCUT2D eigenvalue weighted by atomic mass is 16.5. The molecule has 2 atom stereocenters. The molecular formula is C17H27NO3. The smallest absolute Gasteiger partial charge is 0.124 e. The zero-order valence-electron chi connectivity index (χ0n) is 13.6. The number of benzene rings is 1. The molecule has 0 aliphatic carbocycles. The standard InChI is InChI=1S/C17H27NO3/c1-5-19-13(4)10-18-11-15-9-17-14(7-12(3)21-17)8-16(15)20-6-2/h8-9,12-13,18H,5-7,10-11H2,1-4H3. The van der Waals surface area contributed by atoms with E-state index < -0.39 is 0 Å². The summed E-state index contributed by atoms with van der Waals surface area (Å²) in [6, 6.07) is 4.24. The Hall–Kier alpha value is -1.26. The molecule has 0 saturated carbocycles. The van der Waals surface area contributed by atoms with Crippen molar-refractivity contribution < 1.29 is 14.2 Å². The first-order chi connectivity index (χ1) is 10.1. The summed E-state index contributed by atoms with van der Waals surface area (Å²) in [5, 5.41) is 3.43. The Kier molecular flexibility index (Phi) is 5.88. The molecule has 0 aromatic heterocycles. The van der Waals surface area contributed by atoms with Crippen molar-refractivity contribution in [2.75, 3.05) is 19.8 Å². The average Bonchev–Trinajstić information content (AvgIpc) is 2.78. The van der Waals surface area contributed by atoms with Gasteiger partial charge < -0.3 is 19.5 Å². The third-order valence-electron chi connectivity index (χ3n) is 3.58. The van der Waals surface area contributed by atoms with Gasteiger partial charge in [0.25, 0.3) is 0 Å². The Morgan fingerprint density at radius 2 is 2.14 bits per heavy atom. The number of nitrogens with one attached hydrogen (secondary N) is 1. The van der Waals surface area contributed by atoms with E-state index in [9.17, 15) is 0 Å². The Morgan fingerprint density at radius 1 is 1.33 bits per heavy atom. The van der Waals surface area contributed by atoms with Crippen LogP contribution in [0.4, 0.5) is 0 Å². The summed E-state index contributed by atoms with van der Waals surface area (Å²) in [5.74, 6) is 1.96. The van der Waals surface area contributed by atoms with Gasteiger partial charge in [-0.25, -0.2) is 0 Å². The Labute approximate surface area is 127 Å². The van der Waals surface area contributed by atoms with Gasteiger partial charge in [0.15, 0.2) is 0 Å². The molecule has 0 fully saturated rings. The molecule has 1 aliphatic rings. The van der Waals surface area contributed by atoms with Gasteiger partial charge in [-0.3, -0.25) is 0 Å². The van der Waals surface area contributed by atoms with E-state index in [-0.39, 0.29) is 12.2 Å². The zero-order chi connectivity index (χ0) is 15.2. The molecule has 2 rings (SSSR count). The molecule has 0 spiro atoms. The fourth-order valence-electron chi connectivity index (χ4n) is 2.66. The van der Waals surface area contributed by atoms with Crippen LogP contribution in [0.15, 0.2) is 12.1 Å². The summed E-state index contributed by atoms with van der Waals surface area (Å²) in [6.45, 7) is 11.2. The van der Waals surface area contributed by atoms with Crippen LogP contribution < -0.4 is 14.8 Å². The molecule has 1 aromatic carbocycles. The van der Waals surface area contributed by atoms with Gasteiger partial charge in [0.2, 0.25) is 0 Å². The first-order valence-electron chi connectivity index (χ1n) is 7.91. The van der Waals surface area contributed by atoms with Crippen LogP contribution in [0.25, 0.3) is 0 Å². The van der Waals surface area contributed by atoms with Crippen molar-refractivity contribution in [1.82, 2.24) is 5.32 Å². The van der Waals surface area contributed by atoms with Gasteiger partial charge in [-0.1, -0.05) is 0 Å². The van der Waals surface area contributed by atoms with Crippen molar-refractivity contribution in [2.24, 2.45) is 0 Å². The maximum atomic E-state index is 5.84. The Balaban J connectivity index is 2.02. The van der Waals surface area contributed by atoms with E-state index in [0.717, 1.165) is 43.2 Å². The first-order valence-corrected chi connectivity index (χ1v) is 7.91. The van der Waals surface area contributed by atoms with E-state index in [4.69, 9.17) is 14.2 Å². The molecule has 4 nitrogen and oxygen atoms in total. The third-order valence-corrected chi connectivity index (χ3v) is 3.58. The van der Waals surface area contributed by atoms with Crippen molar-refractivity contribution in [3.05, 3.63) is 23.3 Å². The average molecular weight is 293 g/mol. The second-order valence-corrected chi connectivity index (χ2v) is 5.53. The molecule has 1 aliphatic heterocycles. The van der Waals surface area contributed by atoms with Gasteiger partial charge in [0, 0.05) is 37.2 Å². The van der Waals surface area contributed by atoms with Crippen LogP contribution in [0.5, 0.6) is 11.5 Å². The highest BCUT2D eigenvalue weighted by Crippen LogP contribution is 2.35. The van der Waals surface area contributed by atoms with Crippen LogP contribution in [0.2, 0.25) is 0 Å². The van der Waals surface area contributed by atoms with E-state index in [0.29, 0.717) is 6.61 Å². The SMILES string of the molecule is CCOc1cc2c(cc1CNCC(C)OCC)OC(C)C2. The summed E-state index contributed by atoms with van der Waals surface area (Å²) in [5.41, 5.74) is 2.39. The number of rotatable bonds is 8. The Morgan fingerprint density at radius 3 is 2.86 bits per heavy atom. The molecule has 0 amide bonds. The topological polar surface area (TPSA) is 39.7 Å². The predicted octanol–water partition coefficient (Wildman–Crippen LogP) is 2.92. The lowest BCUT2D eigenvalue weighted by molar-refractivity contribution is 0.0759. The van der Waals surface area contributed by atoms with E-state index in [2.05, 4.69) is 31.3 Å². The minimum absolute atomic E-state index is 0.219. The fraction of sp³-hybridized carbons (Fsp3) is 0.647. The van der Waals surface area contributed by atoms with Crippen molar-refractivity contribution in [3.63, 3.8) is 0 Å².